The second kappa shape index (κ2) is 8.85. The monoisotopic (exact) mass is 455 g/mol. The number of hydrogen-bond acceptors (Lipinski definition) is 4. The van der Waals surface area contributed by atoms with Gasteiger partial charge in [-0.15, -0.1) is 0 Å². The van der Waals surface area contributed by atoms with Crippen LogP contribution in [0.2, 0.25) is 0 Å². The Balaban J connectivity index is 1.63. The lowest BCUT2D eigenvalue weighted by Gasteiger charge is -2.11. The van der Waals surface area contributed by atoms with Gasteiger partial charge in [0.25, 0.3) is 5.91 Å². The first-order valence-corrected chi connectivity index (χ1v) is 10.0. The van der Waals surface area contributed by atoms with E-state index in [0.717, 1.165) is 12.1 Å². The summed E-state index contributed by atoms with van der Waals surface area (Å²) in [6, 6.07) is 16.9. The molecule has 0 aliphatic rings. The fourth-order valence-electron chi connectivity index (χ4n) is 3.29. The molecule has 170 valence electrons. The normalized spacial score (nSPS) is 11.4. The maximum Gasteiger partial charge on any atom is 0.416 e. The molecule has 2 aromatic carbocycles. The lowest BCUT2D eigenvalue weighted by Crippen LogP contribution is -2.25. The molecular formula is C24H20F3N3O3. The molecule has 1 amide bonds. The molecule has 2 heterocycles. The highest BCUT2D eigenvalue weighted by Gasteiger charge is 2.30. The summed E-state index contributed by atoms with van der Waals surface area (Å²) < 4.78 is 51.2. The highest BCUT2D eigenvalue weighted by Crippen LogP contribution is 2.29. The van der Waals surface area contributed by atoms with Crippen molar-refractivity contribution < 1.29 is 27.1 Å². The van der Waals surface area contributed by atoms with Crippen LogP contribution in [-0.2, 0) is 12.7 Å². The van der Waals surface area contributed by atoms with E-state index in [4.69, 9.17) is 9.15 Å². The molecule has 0 aliphatic heterocycles. The van der Waals surface area contributed by atoms with Gasteiger partial charge in [0.05, 0.1) is 18.4 Å². The molecule has 0 saturated heterocycles. The number of nitrogens with zero attached hydrogens (tertiary/aromatic N) is 2. The van der Waals surface area contributed by atoms with Gasteiger partial charge < -0.3 is 14.5 Å². The van der Waals surface area contributed by atoms with Gasteiger partial charge in [-0.1, -0.05) is 12.1 Å². The van der Waals surface area contributed by atoms with Gasteiger partial charge in [-0.05, 0) is 61.0 Å². The first-order chi connectivity index (χ1) is 15.7. The summed E-state index contributed by atoms with van der Waals surface area (Å²) in [5.41, 5.74) is 0.817. The number of carbonyl (C=O) groups excluding carboxylic acids is 1. The number of rotatable bonds is 6. The largest absolute Gasteiger partial charge is 0.497 e. The van der Waals surface area contributed by atoms with Gasteiger partial charge in [-0.3, -0.25) is 4.79 Å². The lowest BCUT2D eigenvalue weighted by molar-refractivity contribution is -0.137. The minimum atomic E-state index is -4.46. The van der Waals surface area contributed by atoms with Gasteiger partial charge in [0.1, 0.15) is 22.9 Å². The van der Waals surface area contributed by atoms with Gasteiger partial charge in [-0.25, -0.2) is 4.68 Å². The number of nitrogens with one attached hydrogen (secondary N) is 1. The second-order valence-corrected chi connectivity index (χ2v) is 7.32. The topological polar surface area (TPSA) is 69.3 Å². The maximum atomic E-state index is 13.0. The SMILES string of the molecule is COc1ccc(-n2nc(-c3ccc(C)o3)cc2C(=O)NCc2cccc(C(F)(F)F)c2)cc1. The van der Waals surface area contributed by atoms with Gasteiger partial charge in [-0.2, -0.15) is 18.3 Å². The van der Waals surface area contributed by atoms with Crippen LogP contribution in [0.4, 0.5) is 13.2 Å². The zero-order valence-electron chi connectivity index (χ0n) is 17.8. The zero-order valence-corrected chi connectivity index (χ0v) is 17.8. The number of aryl methyl sites for hydroxylation is 1. The van der Waals surface area contributed by atoms with Crippen LogP contribution in [0.3, 0.4) is 0 Å². The molecule has 9 heteroatoms. The van der Waals surface area contributed by atoms with Crippen molar-refractivity contribution in [1.29, 1.82) is 0 Å². The first-order valence-electron chi connectivity index (χ1n) is 10.0. The van der Waals surface area contributed by atoms with Crippen LogP contribution >= 0.6 is 0 Å². The molecule has 0 bridgehead atoms. The summed E-state index contributed by atoms with van der Waals surface area (Å²) in [6.07, 6.45) is -4.46. The van der Waals surface area contributed by atoms with Gasteiger partial charge in [0.15, 0.2) is 5.76 Å². The first kappa shape index (κ1) is 22.2. The molecule has 4 rings (SSSR count). The molecule has 6 nitrogen and oxygen atoms in total. The summed E-state index contributed by atoms with van der Waals surface area (Å²) in [6.45, 7) is 1.72. The Kier molecular flexibility index (Phi) is 5.95. The van der Waals surface area contributed by atoms with Gasteiger partial charge in [0.2, 0.25) is 0 Å². The average Bonchev–Trinajstić information content (AvgIpc) is 3.44. The zero-order chi connectivity index (χ0) is 23.6. The molecule has 0 spiro atoms. The van der Waals surface area contributed by atoms with E-state index in [2.05, 4.69) is 10.4 Å². The van der Waals surface area contributed by atoms with Crippen molar-refractivity contribution in [1.82, 2.24) is 15.1 Å². The number of amides is 1. The predicted molar refractivity (Wildman–Crippen MR) is 115 cm³/mol. The number of methoxy groups -OCH3 is 1. The van der Waals surface area contributed by atoms with E-state index >= 15 is 0 Å². The summed E-state index contributed by atoms with van der Waals surface area (Å²) in [4.78, 5) is 13.0. The highest BCUT2D eigenvalue weighted by molar-refractivity contribution is 5.94. The van der Waals surface area contributed by atoms with Gasteiger partial charge in [0, 0.05) is 12.6 Å². The standard InChI is InChI=1S/C24H20F3N3O3/c1-15-6-11-22(33-15)20-13-21(30(29-20)18-7-9-19(32-2)10-8-18)23(31)28-14-16-4-3-5-17(12-16)24(25,26)27/h3-13H,14H2,1-2H3,(H,28,31). The minimum absolute atomic E-state index is 0.0776. The summed E-state index contributed by atoms with van der Waals surface area (Å²) in [5.74, 6) is 1.33. The Labute approximate surface area is 187 Å². The number of alkyl halides is 3. The smallest absolute Gasteiger partial charge is 0.416 e. The predicted octanol–water partition coefficient (Wildman–Crippen LogP) is 5.40. The third-order valence-corrected chi connectivity index (χ3v) is 4.96. The van der Waals surface area contributed by atoms with Crippen molar-refractivity contribution in [3.63, 3.8) is 0 Å². The molecular weight excluding hydrogens is 435 g/mol. The molecule has 1 N–H and O–H groups in total. The number of benzene rings is 2. The van der Waals surface area contributed by atoms with E-state index in [-0.39, 0.29) is 12.2 Å². The summed E-state index contributed by atoms with van der Waals surface area (Å²) >= 11 is 0. The molecule has 0 saturated carbocycles. The summed E-state index contributed by atoms with van der Waals surface area (Å²) in [5, 5.41) is 7.19. The third-order valence-electron chi connectivity index (χ3n) is 4.96. The van der Waals surface area contributed by atoms with E-state index in [0.29, 0.717) is 34.2 Å². The average molecular weight is 455 g/mol. The number of halogens is 3. The Bertz CT molecular complexity index is 1270. The van der Waals surface area contributed by atoms with Crippen molar-refractivity contribution in [3.05, 3.63) is 89.3 Å². The molecule has 4 aromatic rings. The number of carbonyl (C=O) groups is 1. The van der Waals surface area contributed by atoms with Crippen LogP contribution < -0.4 is 10.1 Å². The number of hydrogen-bond donors (Lipinski definition) is 1. The number of furan rings is 1. The van der Waals surface area contributed by atoms with Crippen LogP contribution in [-0.4, -0.2) is 22.8 Å². The number of ether oxygens (including phenoxy) is 1. The quantitative estimate of drug-likeness (QED) is 0.423. The lowest BCUT2D eigenvalue weighted by atomic mass is 10.1. The Morgan fingerprint density at radius 3 is 2.48 bits per heavy atom. The molecule has 0 radical (unpaired) electrons. The molecule has 33 heavy (non-hydrogen) atoms. The van der Waals surface area contributed by atoms with E-state index in [9.17, 15) is 18.0 Å². The van der Waals surface area contributed by atoms with E-state index < -0.39 is 17.6 Å². The maximum absolute atomic E-state index is 13.0. The molecule has 0 fully saturated rings. The molecule has 0 unspecified atom stereocenters. The number of aromatic nitrogens is 2. The van der Waals surface area contributed by atoms with Crippen molar-refractivity contribution in [2.75, 3.05) is 7.11 Å². The second-order valence-electron chi connectivity index (χ2n) is 7.32. The fourth-order valence-corrected chi connectivity index (χ4v) is 3.29. The van der Waals surface area contributed by atoms with Gasteiger partial charge >= 0.3 is 6.18 Å². The van der Waals surface area contributed by atoms with E-state index in [1.54, 1.807) is 56.5 Å². The van der Waals surface area contributed by atoms with Crippen molar-refractivity contribution >= 4 is 5.91 Å². The van der Waals surface area contributed by atoms with Crippen molar-refractivity contribution in [3.8, 4) is 22.9 Å². The van der Waals surface area contributed by atoms with Crippen molar-refractivity contribution in [2.24, 2.45) is 0 Å². The van der Waals surface area contributed by atoms with Crippen LogP contribution in [0.15, 0.2) is 71.1 Å². The van der Waals surface area contributed by atoms with Crippen molar-refractivity contribution in [2.45, 2.75) is 19.6 Å². The fraction of sp³-hybridized carbons (Fsp3) is 0.167. The highest BCUT2D eigenvalue weighted by atomic mass is 19.4. The molecule has 0 atom stereocenters. The molecule has 2 aromatic heterocycles. The minimum Gasteiger partial charge on any atom is -0.497 e. The van der Waals surface area contributed by atoms with Crippen LogP contribution in [0.1, 0.15) is 27.4 Å². The van der Waals surface area contributed by atoms with Crippen LogP contribution in [0, 0.1) is 6.92 Å². The molecule has 0 aliphatic carbocycles. The van der Waals surface area contributed by atoms with E-state index in [1.165, 1.54) is 16.8 Å². The Hall–Kier alpha value is -4.01. The summed E-state index contributed by atoms with van der Waals surface area (Å²) in [7, 11) is 1.55. The Morgan fingerprint density at radius 1 is 1.09 bits per heavy atom. The Morgan fingerprint density at radius 2 is 1.85 bits per heavy atom. The van der Waals surface area contributed by atoms with Crippen LogP contribution in [0.25, 0.3) is 17.1 Å². The third kappa shape index (κ3) is 4.92. The van der Waals surface area contributed by atoms with E-state index in [1.807, 2.05) is 0 Å². The van der Waals surface area contributed by atoms with Crippen LogP contribution in [0.5, 0.6) is 5.75 Å².